The molecule has 18 heavy (non-hydrogen) atoms. The predicted octanol–water partition coefficient (Wildman–Crippen LogP) is 1.58. The average Bonchev–Trinajstić information content (AvgIpc) is 2.38. The summed E-state index contributed by atoms with van der Waals surface area (Å²) < 4.78 is 4.89. The number of carbonyl (C=O) groups excluding carboxylic acids is 1. The molecule has 1 rings (SSSR count). The molecule has 0 spiro atoms. The largest absolute Gasteiger partial charge is 0.383 e. The van der Waals surface area contributed by atoms with Gasteiger partial charge in [0, 0.05) is 38.2 Å². The number of methoxy groups -OCH3 is 1. The Morgan fingerprint density at radius 2 is 2.00 bits per heavy atom. The molecule has 100 valence electrons. The Morgan fingerprint density at radius 3 is 2.67 bits per heavy atom. The third-order valence-electron chi connectivity index (χ3n) is 2.41. The summed E-state index contributed by atoms with van der Waals surface area (Å²) in [5.74, 6) is 0.0369. The molecule has 2 N–H and O–H groups in total. The van der Waals surface area contributed by atoms with Gasteiger partial charge in [0.05, 0.1) is 6.61 Å². The van der Waals surface area contributed by atoms with Gasteiger partial charge in [-0.2, -0.15) is 0 Å². The number of hydrogen-bond donors (Lipinski definition) is 2. The topological polar surface area (TPSA) is 50.4 Å². The van der Waals surface area contributed by atoms with Gasteiger partial charge in [0.15, 0.2) is 0 Å². The first-order chi connectivity index (χ1) is 8.72. The minimum Gasteiger partial charge on any atom is -0.383 e. The van der Waals surface area contributed by atoms with Crippen LogP contribution in [0.3, 0.4) is 0 Å². The average molecular weight is 271 g/mol. The summed E-state index contributed by atoms with van der Waals surface area (Å²) in [4.78, 5) is 11.5. The fourth-order valence-electron chi connectivity index (χ4n) is 1.39. The number of amides is 1. The van der Waals surface area contributed by atoms with Crippen LogP contribution in [0.5, 0.6) is 0 Å². The molecule has 0 saturated heterocycles. The number of ether oxygens (including phenoxy) is 1. The molecule has 5 heteroatoms. The van der Waals surface area contributed by atoms with Crippen LogP contribution in [0, 0.1) is 0 Å². The molecule has 0 atom stereocenters. The Kier molecular flexibility index (Phi) is 7.41. The van der Waals surface area contributed by atoms with Gasteiger partial charge in [-0.05, 0) is 17.7 Å². The first kappa shape index (κ1) is 15.0. The maximum absolute atomic E-state index is 11.5. The van der Waals surface area contributed by atoms with E-state index in [0.29, 0.717) is 31.1 Å². The summed E-state index contributed by atoms with van der Waals surface area (Å²) in [7, 11) is 1.65. The molecule has 0 radical (unpaired) electrons. The third-order valence-corrected chi connectivity index (χ3v) is 2.67. The van der Waals surface area contributed by atoms with Gasteiger partial charge in [0.25, 0.3) is 0 Å². The van der Waals surface area contributed by atoms with Crippen molar-refractivity contribution >= 4 is 17.5 Å². The van der Waals surface area contributed by atoms with Crippen molar-refractivity contribution in [1.29, 1.82) is 0 Å². The number of carbonyl (C=O) groups is 1. The van der Waals surface area contributed by atoms with Crippen LogP contribution in [0.4, 0.5) is 0 Å². The van der Waals surface area contributed by atoms with Crippen molar-refractivity contribution in [2.45, 2.75) is 13.0 Å². The second kappa shape index (κ2) is 8.91. The zero-order valence-electron chi connectivity index (χ0n) is 10.5. The van der Waals surface area contributed by atoms with E-state index in [1.165, 1.54) is 0 Å². The predicted molar refractivity (Wildman–Crippen MR) is 72.7 cm³/mol. The molecular formula is C13H19ClN2O2. The van der Waals surface area contributed by atoms with Crippen molar-refractivity contribution in [3.63, 3.8) is 0 Å². The molecule has 0 aliphatic rings. The number of rotatable bonds is 8. The molecule has 0 aromatic heterocycles. The smallest absolute Gasteiger partial charge is 0.221 e. The van der Waals surface area contributed by atoms with E-state index in [9.17, 15) is 4.79 Å². The SMILES string of the molecule is COCCNCCC(=O)NCc1ccc(Cl)cc1. The Morgan fingerprint density at radius 1 is 1.28 bits per heavy atom. The van der Waals surface area contributed by atoms with Gasteiger partial charge >= 0.3 is 0 Å². The van der Waals surface area contributed by atoms with Crippen LogP contribution < -0.4 is 10.6 Å². The highest BCUT2D eigenvalue weighted by Crippen LogP contribution is 2.08. The molecule has 0 unspecified atom stereocenters. The lowest BCUT2D eigenvalue weighted by atomic mass is 10.2. The first-order valence-corrected chi connectivity index (χ1v) is 6.31. The van der Waals surface area contributed by atoms with Gasteiger partial charge in [-0.3, -0.25) is 4.79 Å². The highest BCUT2D eigenvalue weighted by atomic mass is 35.5. The number of halogens is 1. The molecular weight excluding hydrogens is 252 g/mol. The van der Waals surface area contributed by atoms with E-state index in [2.05, 4.69) is 10.6 Å². The monoisotopic (exact) mass is 270 g/mol. The molecule has 0 bridgehead atoms. The quantitative estimate of drug-likeness (QED) is 0.705. The summed E-state index contributed by atoms with van der Waals surface area (Å²) in [6, 6.07) is 7.43. The maximum atomic E-state index is 11.5. The van der Waals surface area contributed by atoms with E-state index in [-0.39, 0.29) is 5.91 Å². The summed E-state index contributed by atoms with van der Waals surface area (Å²) in [5, 5.41) is 6.68. The molecule has 1 aromatic carbocycles. The number of nitrogens with one attached hydrogen (secondary N) is 2. The lowest BCUT2D eigenvalue weighted by molar-refractivity contribution is -0.121. The molecule has 0 aliphatic heterocycles. The van der Waals surface area contributed by atoms with Crippen LogP contribution in [0.15, 0.2) is 24.3 Å². The second-order valence-electron chi connectivity index (χ2n) is 3.90. The lowest BCUT2D eigenvalue weighted by Gasteiger charge is -2.06. The van der Waals surface area contributed by atoms with Gasteiger partial charge in [-0.15, -0.1) is 0 Å². The van der Waals surface area contributed by atoms with Crippen LogP contribution in [-0.2, 0) is 16.1 Å². The highest BCUT2D eigenvalue weighted by Gasteiger charge is 2.00. The lowest BCUT2D eigenvalue weighted by Crippen LogP contribution is -2.28. The van der Waals surface area contributed by atoms with Crippen LogP contribution >= 0.6 is 11.6 Å². The zero-order chi connectivity index (χ0) is 13.2. The van der Waals surface area contributed by atoms with E-state index < -0.39 is 0 Å². The fraction of sp³-hybridized carbons (Fsp3) is 0.462. The summed E-state index contributed by atoms with van der Waals surface area (Å²) in [5.41, 5.74) is 1.04. The minimum atomic E-state index is 0.0369. The molecule has 0 heterocycles. The van der Waals surface area contributed by atoms with Gasteiger partial charge in [0.1, 0.15) is 0 Å². The third kappa shape index (κ3) is 6.59. The van der Waals surface area contributed by atoms with Crippen molar-refractivity contribution in [3.05, 3.63) is 34.9 Å². The van der Waals surface area contributed by atoms with Gasteiger partial charge < -0.3 is 15.4 Å². The Bertz CT molecular complexity index is 355. The van der Waals surface area contributed by atoms with Crippen LogP contribution in [0.25, 0.3) is 0 Å². The van der Waals surface area contributed by atoms with Gasteiger partial charge in [0.2, 0.25) is 5.91 Å². The minimum absolute atomic E-state index is 0.0369. The van der Waals surface area contributed by atoms with Crippen LogP contribution in [0.2, 0.25) is 5.02 Å². The normalized spacial score (nSPS) is 10.3. The summed E-state index contributed by atoms with van der Waals surface area (Å²) in [6.07, 6.45) is 0.470. The van der Waals surface area contributed by atoms with Crippen molar-refractivity contribution in [2.75, 3.05) is 26.8 Å². The van der Waals surface area contributed by atoms with Crippen LogP contribution in [-0.4, -0.2) is 32.7 Å². The van der Waals surface area contributed by atoms with Crippen molar-refractivity contribution in [1.82, 2.24) is 10.6 Å². The van der Waals surface area contributed by atoms with E-state index in [1.54, 1.807) is 7.11 Å². The Labute approximate surface area is 113 Å². The van der Waals surface area contributed by atoms with E-state index in [0.717, 1.165) is 12.1 Å². The van der Waals surface area contributed by atoms with Gasteiger partial charge in [-0.1, -0.05) is 23.7 Å². The van der Waals surface area contributed by atoms with E-state index >= 15 is 0 Å². The second-order valence-corrected chi connectivity index (χ2v) is 4.33. The maximum Gasteiger partial charge on any atom is 0.221 e. The number of benzene rings is 1. The first-order valence-electron chi connectivity index (χ1n) is 5.93. The Hall–Kier alpha value is -1.10. The summed E-state index contributed by atoms with van der Waals surface area (Å²) >= 11 is 5.78. The molecule has 1 amide bonds. The van der Waals surface area contributed by atoms with Crippen LogP contribution in [0.1, 0.15) is 12.0 Å². The van der Waals surface area contributed by atoms with E-state index in [4.69, 9.17) is 16.3 Å². The molecule has 1 aromatic rings. The van der Waals surface area contributed by atoms with E-state index in [1.807, 2.05) is 24.3 Å². The zero-order valence-corrected chi connectivity index (χ0v) is 11.3. The van der Waals surface area contributed by atoms with Crippen molar-refractivity contribution < 1.29 is 9.53 Å². The Balaban J connectivity index is 2.11. The molecule has 4 nitrogen and oxygen atoms in total. The molecule has 0 saturated carbocycles. The standard InChI is InChI=1S/C13H19ClN2O2/c1-18-9-8-15-7-6-13(17)16-10-11-2-4-12(14)5-3-11/h2-5,15H,6-10H2,1H3,(H,16,17). The van der Waals surface area contributed by atoms with Crippen molar-refractivity contribution in [3.8, 4) is 0 Å². The molecule has 0 fully saturated rings. The number of hydrogen-bond acceptors (Lipinski definition) is 3. The highest BCUT2D eigenvalue weighted by molar-refractivity contribution is 6.30. The molecule has 0 aliphatic carbocycles. The fourth-order valence-corrected chi connectivity index (χ4v) is 1.52. The van der Waals surface area contributed by atoms with Crippen molar-refractivity contribution in [2.24, 2.45) is 0 Å². The summed E-state index contributed by atoms with van der Waals surface area (Å²) in [6.45, 7) is 2.62. The van der Waals surface area contributed by atoms with Gasteiger partial charge in [-0.25, -0.2) is 0 Å².